The third-order valence-electron chi connectivity index (χ3n) is 3.77. The van der Waals surface area contributed by atoms with E-state index in [1.165, 1.54) is 14.0 Å². The van der Waals surface area contributed by atoms with Gasteiger partial charge in [-0.3, -0.25) is 4.79 Å². The van der Waals surface area contributed by atoms with E-state index in [-0.39, 0.29) is 5.71 Å². The van der Waals surface area contributed by atoms with Crippen LogP contribution < -0.4 is 11.1 Å². The quantitative estimate of drug-likeness (QED) is 0.795. The van der Waals surface area contributed by atoms with Gasteiger partial charge in [0.1, 0.15) is 11.5 Å². The molecule has 1 aromatic carbocycles. The molecule has 2 heterocycles. The summed E-state index contributed by atoms with van der Waals surface area (Å²) in [7, 11) is 1.26. The van der Waals surface area contributed by atoms with Crippen molar-refractivity contribution >= 4 is 23.4 Å². The van der Waals surface area contributed by atoms with Crippen LogP contribution in [0.25, 0.3) is 0 Å². The van der Waals surface area contributed by atoms with Crippen molar-refractivity contribution < 1.29 is 14.3 Å². The van der Waals surface area contributed by atoms with Gasteiger partial charge in [0.25, 0.3) is 5.91 Å². The Hall–Kier alpha value is -3.16. The second kappa shape index (κ2) is 5.80. The third-order valence-corrected chi connectivity index (χ3v) is 3.77. The number of methoxy groups -OCH3 is 1. The van der Waals surface area contributed by atoms with Crippen molar-refractivity contribution in [3.63, 3.8) is 0 Å². The number of aliphatic imine (C=N–C) groups is 1. The number of carbonyl (C=O) groups excluding carboxylic acids is 2. The van der Waals surface area contributed by atoms with Crippen LogP contribution in [0.4, 0.5) is 5.82 Å². The van der Waals surface area contributed by atoms with Crippen molar-refractivity contribution in [2.24, 2.45) is 10.7 Å². The molecular weight excluding hydrogens is 310 g/mol. The number of nitrogens with one attached hydrogen (secondary N) is 1. The molecule has 2 aromatic rings. The molecule has 0 bridgehead atoms. The number of carbonyl (C=O) groups is 2. The first-order chi connectivity index (χ1) is 11.4. The number of benzene rings is 1. The molecule has 0 spiro atoms. The number of fused-ring (bicyclic) bond motifs is 1. The molecule has 8 nitrogen and oxygen atoms in total. The van der Waals surface area contributed by atoms with Crippen molar-refractivity contribution in [1.82, 2.24) is 9.55 Å². The number of anilines is 1. The Kier molecular flexibility index (Phi) is 3.80. The van der Waals surface area contributed by atoms with Crippen molar-refractivity contribution in [3.05, 3.63) is 47.9 Å². The molecule has 1 amide bonds. The predicted octanol–water partition coefficient (Wildman–Crippen LogP) is 0.520. The second-order valence-electron chi connectivity index (χ2n) is 5.57. The highest BCUT2D eigenvalue weighted by Crippen LogP contribution is 2.28. The van der Waals surface area contributed by atoms with Crippen LogP contribution in [0.2, 0.25) is 0 Å². The fourth-order valence-electron chi connectivity index (χ4n) is 2.59. The van der Waals surface area contributed by atoms with E-state index in [9.17, 15) is 9.59 Å². The minimum atomic E-state index is -1.44. The molecule has 1 aliphatic heterocycles. The van der Waals surface area contributed by atoms with Gasteiger partial charge in [0.15, 0.2) is 5.71 Å². The Morgan fingerprint density at radius 1 is 1.33 bits per heavy atom. The Labute approximate surface area is 138 Å². The van der Waals surface area contributed by atoms with E-state index >= 15 is 0 Å². The molecule has 1 aliphatic rings. The third kappa shape index (κ3) is 2.62. The summed E-state index contributed by atoms with van der Waals surface area (Å²) in [6, 6.07) is 9.73. The van der Waals surface area contributed by atoms with Crippen LogP contribution >= 0.6 is 0 Å². The number of esters is 1. The summed E-state index contributed by atoms with van der Waals surface area (Å²) in [5.41, 5.74) is 5.27. The standard InChI is InChI=1S/C16H17N5O3/c1-16(15(23)24-2)19-11(13(17)22)12-14(20-16)21(9-18-12)8-10-6-4-3-5-7-10/h3-7,9,20H,8H2,1-2H3,(H2,17,22). The second-order valence-corrected chi connectivity index (χ2v) is 5.57. The van der Waals surface area contributed by atoms with E-state index in [0.717, 1.165) is 5.56 Å². The Morgan fingerprint density at radius 3 is 2.67 bits per heavy atom. The number of rotatable bonds is 4. The summed E-state index contributed by atoms with van der Waals surface area (Å²) in [6.45, 7) is 2.03. The lowest BCUT2D eigenvalue weighted by molar-refractivity contribution is -0.145. The van der Waals surface area contributed by atoms with Crippen molar-refractivity contribution in [1.29, 1.82) is 0 Å². The van der Waals surface area contributed by atoms with Gasteiger partial charge in [0, 0.05) is 0 Å². The molecule has 124 valence electrons. The number of nitrogens with two attached hydrogens (primary N) is 1. The van der Waals surface area contributed by atoms with Gasteiger partial charge in [-0.1, -0.05) is 30.3 Å². The molecule has 3 rings (SSSR count). The lowest BCUT2D eigenvalue weighted by Gasteiger charge is -2.30. The van der Waals surface area contributed by atoms with Crippen LogP contribution in [0, 0.1) is 0 Å². The smallest absolute Gasteiger partial charge is 0.354 e. The van der Waals surface area contributed by atoms with E-state index in [1.807, 2.05) is 30.3 Å². The monoisotopic (exact) mass is 327 g/mol. The van der Waals surface area contributed by atoms with Crippen LogP contribution in [-0.2, 0) is 20.9 Å². The summed E-state index contributed by atoms with van der Waals surface area (Å²) in [5.74, 6) is -0.882. The highest BCUT2D eigenvalue weighted by Gasteiger charge is 2.41. The molecule has 24 heavy (non-hydrogen) atoms. The van der Waals surface area contributed by atoms with E-state index < -0.39 is 17.5 Å². The summed E-state index contributed by atoms with van der Waals surface area (Å²) in [5, 5.41) is 3.01. The topological polar surface area (TPSA) is 112 Å². The van der Waals surface area contributed by atoms with Gasteiger partial charge in [-0.05, 0) is 12.5 Å². The maximum absolute atomic E-state index is 12.1. The van der Waals surface area contributed by atoms with Gasteiger partial charge in [0.05, 0.1) is 20.0 Å². The van der Waals surface area contributed by atoms with Gasteiger partial charge >= 0.3 is 5.97 Å². The van der Waals surface area contributed by atoms with Crippen molar-refractivity contribution in [2.45, 2.75) is 19.1 Å². The van der Waals surface area contributed by atoms with E-state index in [2.05, 4.69) is 15.3 Å². The summed E-state index contributed by atoms with van der Waals surface area (Å²) >= 11 is 0. The maximum atomic E-state index is 12.1. The fraction of sp³-hybridized carbons (Fsp3) is 0.250. The molecule has 0 saturated heterocycles. The zero-order chi connectivity index (χ0) is 17.3. The summed E-state index contributed by atoms with van der Waals surface area (Å²) in [4.78, 5) is 32.2. The highest BCUT2D eigenvalue weighted by molar-refractivity contribution is 6.46. The predicted molar refractivity (Wildman–Crippen MR) is 87.5 cm³/mol. The molecule has 0 radical (unpaired) electrons. The summed E-state index contributed by atoms with van der Waals surface area (Å²) < 4.78 is 6.58. The number of primary amides is 1. The van der Waals surface area contributed by atoms with Crippen LogP contribution in [0.15, 0.2) is 41.7 Å². The number of imidazole rings is 1. The molecule has 0 fully saturated rings. The van der Waals surface area contributed by atoms with Crippen LogP contribution in [0.1, 0.15) is 18.2 Å². The molecule has 1 atom stereocenters. The number of aromatic nitrogens is 2. The van der Waals surface area contributed by atoms with Crippen LogP contribution in [0.3, 0.4) is 0 Å². The van der Waals surface area contributed by atoms with Gasteiger partial charge in [-0.2, -0.15) is 0 Å². The Bertz CT molecular complexity index is 827. The minimum Gasteiger partial charge on any atom is -0.466 e. The number of ether oxygens (including phenoxy) is 1. The van der Waals surface area contributed by atoms with E-state index in [4.69, 9.17) is 10.5 Å². The van der Waals surface area contributed by atoms with Gasteiger partial charge in [0.2, 0.25) is 5.66 Å². The molecule has 1 unspecified atom stereocenters. The SMILES string of the molecule is COC(=O)C1(C)N=C(C(N)=O)c2ncn(Cc3ccccc3)c2N1. The first kappa shape index (κ1) is 15.7. The first-order valence-corrected chi connectivity index (χ1v) is 7.30. The average molecular weight is 327 g/mol. The molecule has 1 aromatic heterocycles. The van der Waals surface area contributed by atoms with Gasteiger partial charge in [-0.25, -0.2) is 14.8 Å². The lowest BCUT2D eigenvalue weighted by atomic mass is 10.1. The van der Waals surface area contributed by atoms with E-state index in [1.54, 1.807) is 10.9 Å². The Balaban J connectivity index is 2.05. The number of hydrogen-bond acceptors (Lipinski definition) is 6. The largest absolute Gasteiger partial charge is 0.466 e. The molecular formula is C16H17N5O3. The molecule has 0 saturated carbocycles. The normalized spacial score (nSPS) is 19.0. The van der Waals surface area contributed by atoms with E-state index in [0.29, 0.717) is 18.1 Å². The molecule has 0 aliphatic carbocycles. The van der Waals surface area contributed by atoms with Crippen LogP contribution in [-0.4, -0.2) is 39.9 Å². The first-order valence-electron chi connectivity index (χ1n) is 7.30. The zero-order valence-corrected chi connectivity index (χ0v) is 13.3. The number of hydrogen-bond donors (Lipinski definition) is 2. The molecule has 3 N–H and O–H groups in total. The van der Waals surface area contributed by atoms with Gasteiger partial charge < -0.3 is 20.4 Å². The van der Waals surface area contributed by atoms with Crippen LogP contribution in [0.5, 0.6) is 0 Å². The molecule has 8 heteroatoms. The van der Waals surface area contributed by atoms with Crippen molar-refractivity contribution in [3.8, 4) is 0 Å². The Morgan fingerprint density at radius 2 is 2.04 bits per heavy atom. The minimum absolute atomic E-state index is 0.0524. The number of amides is 1. The maximum Gasteiger partial charge on any atom is 0.354 e. The highest BCUT2D eigenvalue weighted by atomic mass is 16.5. The zero-order valence-electron chi connectivity index (χ0n) is 13.3. The van der Waals surface area contributed by atoms with Crippen molar-refractivity contribution in [2.75, 3.05) is 12.4 Å². The van der Waals surface area contributed by atoms with Gasteiger partial charge in [-0.15, -0.1) is 0 Å². The lowest BCUT2D eigenvalue weighted by Crippen LogP contribution is -2.48. The average Bonchev–Trinajstić information content (AvgIpc) is 2.96. The summed E-state index contributed by atoms with van der Waals surface area (Å²) in [6.07, 6.45) is 1.58. The fourth-order valence-corrected chi connectivity index (χ4v) is 2.59. The number of nitrogens with zero attached hydrogens (tertiary/aromatic N) is 3.